The Morgan fingerprint density at radius 3 is 2.32 bits per heavy atom. The summed E-state index contributed by atoms with van der Waals surface area (Å²) in [6.45, 7) is 1.47. The van der Waals surface area contributed by atoms with Gasteiger partial charge < -0.3 is 16.0 Å². The first kappa shape index (κ1) is 20.7. The number of rotatable bonds is 7. The monoisotopic (exact) mass is 361 g/mol. The molecule has 0 aliphatic rings. The van der Waals surface area contributed by atoms with Crippen LogP contribution in [0.1, 0.15) is 26.3 Å². The second-order valence-corrected chi connectivity index (χ2v) is 5.48. The van der Waals surface area contributed by atoms with Crippen LogP contribution in [0.15, 0.2) is 54.6 Å². The van der Waals surface area contributed by atoms with Crippen LogP contribution in [-0.4, -0.2) is 43.4 Å². The summed E-state index contributed by atoms with van der Waals surface area (Å²) in [6.07, 6.45) is 0.766. The number of hydrogen-bond donors (Lipinski definition) is 2. The van der Waals surface area contributed by atoms with Gasteiger partial charge in [-0.05, 0) is 30.2 Å². The van der Waals surface area contributed by atoms with E-state index in [1.54, 1.807) is 36.2 Å². The summed E-state index contributed by atoms with van der Waals surface area (Å²) in [4.78, 5) is 26.2. The lowest BCUT2D eigenvalue weighted by Gasteiger charge is -2.22. The molecular formula is C19H24ClN3O2. The van der Waals surface area contributed by atoms with E-state index in [0.717, 1.165) is 6.42 Å². The van der Waals surface area contributed by atoms with Gasteiger partial charge in [0.05, 0.1) is 0 Å². The molecule has 5 nitrogen and oxygen atoms in total. The molecule has 0 unspecified atom stereocenters. The second-order valence-electron chi connectivity index (χ2n) is 5.48. The van der Waals surface area contributed by atoms with Gasteiger partial charge in [0.25, 0.3) is 11.8 Å². The molecule has 25 heavy (non-hydrogen) atoms. The van der Waals surface area contributed by atoms with E-state index in [9.17, 15) is 9.59 Å². The highest BCUT2D eigenvalue weighted by atomic mass is 35.5. The zero-order valence-corrected chi connectivity index (χ0v) is 15.1. The Kier molecular flexibility index (Phi) is 8.67. The van der Waals surface area contributed by atoms with Gasteiger partial charge in [-0.3, -0.25) is 9.59 Å². The van der Waals surface area contributed by atoms with Gasteiger partial charge in [-0.2, -0.15) is 0 Å². The van der Waals surface area contributed by atoms with Gasteiger partial charge in [-0.15, -0.1) is 12.4 Å². The van der Waals surface area contributed by atoms with Crippen LogP contribution in [0.2, 0.25) is 0 Å². The van der Waals surface area contributed by atoms with E-state index in [2.05, 4.69) is 5.32 Å². The maximum Gasteiger partial charge on any atom is 0.253 e. The Bertz CT molecular complexity index is 692. The van der Waals surface area contributed by atoms with E-state index < -0.39 is 0 Å². The predicted molar refractivity (Wildman–Crippen MR) is 102 cm³/mol. The number of carbonyl (C=O) groups excluding carboxylic acids is 2. The van der Waals surface area contributed by atoms with Crippen molar-refractivity contribution in [3.05, 3.63) is 71.3 Å². The zero-order valence-electron chi connectivity index (χ0n) is 14.3. The third kappa shape index (κ3) is 5.89. The number of carbonyl (C=O) groups is 2. The highest BCUT2D eigenvalue weighted by Crippen LogP contribution is 2.10. The SMILES string of the molecule is CNC(=O)c1cccc(C(=O)N(CCN)CCc2ccccc2)c1.Cl. The highest BCUT2D eigenvalue weighted by molar-refractivity contribution is 5.99. The summed E-state index contributed by atoms with van der Waals surface area (Å²) in [5.41, 5.74) is 7.80. The van der Waals surface area contributed by atoms with E-state index in [-0.39, 0.29) is 24.2 Å². The fourth-order valence-electron chi connectivity index (χ4n) is 2.50. The van der Waals surface area contributed by atoms with Crippen LogP contribution < -0.4 is 11.1 Å². The minimum atomic E-state index is -0.209. The van der Waals surface area contributed by atoms with Crippen LogP contribution in [0.3, 0.4) is 0 Å². The Morgan fingerprint density at radius 2 is 1.68 bits per heavy atom. The number of benzene rings is 2. The summed E-state index contributed by atoms with van der Waals surface area (Å²) in [5, 5.41) is 2.56. The number of nitrogens with zero attached hydrogens (tertiary/aromatic N) is 1. The van der Waals surface area contributed by atoms with Crippen LogP contribution >= 0.6 is 12.4 Å². The molecule has 6 heteroatoms. The van der Waals surface area contributed by atoms with Gasteiger partial charge in [0.2, 0.25) is 0 Å². The maximum atomic E-state index is 12.8. The lowest BCUT2D eigenvalue weighted by Crippen LogP contribution is -2.37. The normalized spacial score (nSPS) is 9.84. The molecule has 134 valence electrons. The van der Waals surface area contributed by atoms with Gasteiger partial charge in [0, 0.05) is 37.8 Å². The summed E-state index contributed by atoms with van der Waals surface area (Å²) >= 11 is 0. The molecule has 3 N–H and O–H groups in total. The third-order valence-electron chi connectivity index (χ3n) is 3.80. The lowest BCUT2D eigenvalue weighted by atomic mass is 10.1. The van der Waals surface area contributed by atoms with Crippen molar-refractivity contribution in [2.75, 3.05) is 26.7 Å². The summed E-state index contributed by atoms with van der Waals surface area (Å²) in [5.74, 6) is -0.318. The van der Waals surface area contributed by atoms with Crippen molar-refractivity contribution in [1.82, 2.24) is 10.2 Å². The molecule has 0 radical (unpaired) electrons. The number of nitrogens with two attached hydrogens (primary N) is 1. The maximum absolute atomic E-state index is 12.8. The first-order valence-electron chi connectivity index (χ1n) is 8.01. The highest BCUT2D eigenvalue weighted by Gasteiger charge is 2.16. The van der Waals surface area contributed by atoms with E-state index in [1.807, 2.05) is 30.3 Å². The van der Waals surface area contributed by atoms with Crippen LogP contribution in [0.25, 0.3) is 0 Å². The lowest BCUT2D eigenvalue weighted by molar-refractivity contribution is 0.0762. The zero-order chi connectivity index (χ0) is 17.4. The molecule has 0 heterocycles. The van der Waals surface area contributed by atoms with Gasteiger partial charge >= 0.3 is 0 Å². The predicted octanol–water partition coefficient (Wildman–Crippen LogP) is 2.11. The van der Waals surface area contributed by atoms with Gasteiger partial charge in [0.15, 0.2) is 0 Å². The summed E-state index contributed by atoms with van der Waals surface area (Å²) < 4.78 is 0. The largest absolute Gasteiger partial charge is 0.355 e. The molecule has 0 aliphatic heterocycles. The molecule has 0 fully saturated rings. The molecule has 2 rings (SSSR count). The Labute approximate surface area is 154 Å². The fraction of sp³-hybridized carbons (Fsp3) is 0.263. The second kappa shape index (κ2) is 10.5. The minimum absolute atomic E-state index is 0. The molecule has 2 amide bonds. The van der Waals surface area contributed by atoms with Gasteiger partial charge in [0.1, 0.15) is 0 Å². The van der Waals surface area contributed by atoms with Crippen molar-refractivity contribution in [3.8, 4) is 0 Å². The summed E-state index contributed by atoms with van der Waals surface area (Å²) in [6, 6.07) is 16.8. The molecule has 0 saturated heterocycles. The number of nitrogens with one attached hydrogen (secondary N) is 1. The standard InChI is InChI=1S/C19H23N3O2.ClH/c1-21-18(23)16-8-5-9-17(14-16)19(24)22(13-11-20)12-10-15-6-3-2-4-7-15;/h2-9,14H,10-13,20H2,1H3,(H,21,23);1H. The minimum Gasteiger partial charge on any atom is -0.355 e. The molecule has 0 aliphatic carbocycles. The molecule has 0 atom stereocenters. The molecule has 0 bridgehead atoms. The smallest absolute Gasteiger partial charge is 0.253 e. The Hall–Kier alpha value is -2.37. The number of halogens is 1. The number of hydrogen-bond acceptors (Lipinski definition) is 3. The fourth-order valence-corrected chi connectivity index (χ4v) is 2.50. The molecule has 0 aromatic heterocycles. The van der Waals surface area contributed by atoms with Crippen molar-refractivity contribution in [2.45, 2.75) is 6.42 Å². The van der Waals surface area contributed by atoms with Crippen molar-refractivity contribution < 1.29 is 9.59 Å². The van der Waals surface area contributed by atoms with Crippen molar-refractivity contribution >= 4 is 24.2 Å². The topological polar surface area (TPSA) is 75.4 Å². The third-order valence-corrected chi connectivity index (χ3v) is 3.80. The van der Waals surface area contributed by atoms with E-state index >= 15 is 0 Å². The van der Waals surface area contributed by atoms with E-state index in [1.165, 1.54) is 5.56 Å². The first-order chi connectivity index (χ1) is 11.7. The van der Waals surface area contributed by atoms with Gasteiger partial charge in [-0.25, -0.2) is 0 Å². The Balaban J connectivity index is 0.00000312. The average molecular weight is 362 g/mol. The van der Waals surface area contributed by atoms with Crippen molar-refractivity contribution in [1.29, 1.82) is 0 Å². The summed E-state index contributed by atoms with van der Waals surface area (Å²) in [7, 11) is 1.57. The molecule has 0 spiro atoms. The van der Waals surface area contributed by atoms with Crippen LogP contribution in [-0.2, 0) is 6.42 Å². The van der Waals surface area contributed by atoms with Crippen LogP contribution in [0.4, 0.5) is 0 Å². The van der Waals surface area contributed by atoms with Crippen molar-refractivity contribution in [3.63, 3.8) is 0 Å². The first-order valence-corrected chi connectivity index (χ1v) is 8.01. The Morgan fingerprint density at radius 1 is 1.00 bits per heavy atom. The van der Waals surface area contributed by atoms with Crippen LogP contribution in [0.5, 0.6) is 0 Å². The molecular weight excluding hydrogens is 338 g/mol. The van der Waals surface area contributed by atoms with E-state index in [0.29, 0.717) is 30.8 Å². The number of amides is 2. The van der Waals surface area contributed by atoms with Crippen molar-refractivity contribution in [2.24, 2.45) is 5.73 Å². The molecule has 2 aromatic rings. The molecule has 0 saturated carbocycles. The average Bonchev–Trinajstić information content (AvgIpc) is 2.64. The van der Waals surface area contributed by atoms with Crippen LogP contribution in [0, 0.1) is 0 Å². The quantitative estimate of drug-likeness (QED) is 0.793. The van der Waals surface area contributed by atoms with E-state index in [4.69, 9.17) is 5.73 Å². The molecule has 2 aromatic carbocycles. The van der Waals surface area contributed by atoms with Gasteiger partial charge in [-0.1, -0.05) is 36.4 Å².